The van der Waals surface area contributed by atoms with Crippen LogP contribution in [-0.2, 0) is 4.74 Å². The molecule has 0 radical (unpaired) electrons. The molecule has 1 fully saturated rings. The zero-order valence-electron chi connectivity index (χ0n) is 8.52. The first kappa shape index (κ1) is 10.0. The molecule has 72 valence electrons. The van der Waals surface area contributed by atoms with Gasteiger partial charge >= 0.3 is 0 Å². The Morgan fingerprint density at radius 1 is 1.42 bits per heavy atom. The molecule has 1 aliphatic carbocycles. The molecule has 0 aromatic carbocycles. The second-order valence-corrected chi connectivity index (χ2v) is 3.92. The Bertz CT molecular complexity index is 132. The predicted molar refractivity (Wildman–Crippen MR) is 51.3 cm³/mol. The van der Waals surface area contributed by atoms with Crippen LogP contribution in [0.25, 0.3) is 0 Å². The van der Waals surface area contributed by atoms with Crippen LogP contribution >= 0.6 is 0 Å². The van der Waals surface area contributed by atoms with Crippen molar-refractivity contribution in [3.05, 3.63) is 0 Å². The van der Waals surface area contributed by atoms with E-state index in [4.69, 9.17) is 4.74 Å². The van der Waals surface area contributed by atoms with Crippen molar-refractivity contribution in [3.63, 3.8) is 0 Å². The minimum absolute atomic E-state index is 0.533. The molecular formula is C10H21NO. The van der Waals surface area contributed by atoms with E-state index >= 15 is 0 Å². The van der Waals surface area contributed by atoms with Crippen molar-refractivity contribution >= 4 is 0 Å². The standard InChI is InChI=1S/C10H21NO/c1-4-11-9(8-12-5-2)10(3)6-7-10/h9,11H,4-8H2,1-3H3. The molecule has 0 heterocycles. The first-order valence-corrected chi connectivity index (χ1v) is 5.04. The van der Waals surface area contributed by atoms with E-state index in [1.54, 1.807) is 0 Å². The van der Waals surface area contributed by atoms with Crippen molar-refractivity contribution in [2.24, 2.45) is 5.41 Å². The number of ether oxygens (including phenoxy) is 1. The highest BCUT2D eigenvalue weighted by molar-refractivity contribution is 4.98. The Morgan fingerprint density at radius 2 is 2.08 bits per heavy atom. The second-order valence-electron chi connectivity index (χ2n) is 3.92. The van der Waals surface area contributed by atoms with Crippen LogP contribution in [0.4, 0.5) is 0 Å². The van der Waals surface area contributed by atoms with Crippen molar-refractivity contribution < 1.29 is 4.74 Å². The van der Waals surface area contributed by atoms with Gasteiger partial charge in [-0.1, -0.05) is 13.8 Å². The summed E-state index contributed by atoms with van der Waals surface area (Å²) in [6, 6.07) is 0.572. The molecule has 2 heteroatoms. The number of hydrogen-bond acceptors (Lipinski definition) is 2. The summed E-state index contributed by atoms with van der Waals surface area (Å²) in [5, 5.41) is 3.49. The van der Waals surface area contributed by atoms with E-state index in [2.05, 4.69) is 26.1 Å². The lowest BCUT2D eigenvalue weighted by Crippen LogP contribution is -2.40. The maximum Gasteiger partial charge on any atom is 0.0624 e. The fourth-order valence-electron chi connectivity index (χ4n) is 1.53. The molecule has 0 saturated heterocycles. The van der Waals surface area contributed by atoms with Crippen LogP contribution in [0.3, 0.4) is 0 Å². The minimum Gasteiger partial charge on any atom is -0.380 e. The van der Waals surface area contributed by atoms with Crippen molar-refractivity contribution in [2.75, 3.05) is 19.8 Å². The Morgan fingerprint density at radius 3 is 2.50 bits per heavy atom. The first-order valence-electron chi connectivity index (χ1n) is 5.04. The molecule has 1 aliphatic rings. The molecule has 12 heavy (non-hydrogen) atoms. The quantitative estimate of drug-likeness (QED) is 0.658. The highest BCUT2D eigenvalue weighted by Crippen LogP contribution is 2.48. The number of likely N-dealkylation sites (N-methyl/N-ethyl adjacent to an activating group) is 1. The summed E-state index contributed by atoms with van der Waals surface area (Å²) in [6.07, 6.45) is 2.72. The van der Waals surface area contributed by atoms with Crippen molar-refractivity contribution in [2.45, 2.75) is 39.7 Å². The summed E-state index contributed by atoms with van der Waals surface area (Å²) in [5.41, 5.74) is 0.533. The van der Waals surface area contributed by atoms with Crippen LogP contribution in [0.2, 0.25) is 0 Å². The van der Waals surface area contributed by atoms with E-state index in [-0.39, 0.29) is 0 Å². The van der Waals surface area contributed by atoms with Crippen molar-refractivity contribution in [3.8, 4) is 0 Å². The maximum atomic E-state index is 5.45. The van der Waals surface area contributed by atoms with Gasteiger partial charge < -0.3 is 10.1 Å². The van der Waals surface area contributed by atoms with Gasteiger partial charge in [0, 0.05) is 12.6 Å². The molecular weight excluding hydrogens is 150 g/mol. The third kappa shape index (κ3) is 2.46. The van der Waals surface area contributed by atoms with Gasteiger partial charge in [-0.15, -0.1) is 0 Å². The molecule has 0 aliphatic heterocycles. The van der Waals surface area contributed by atoms with Crippen LogP contribution in [0, 0.1) is 5.41 Å². The Labute approximate surface area is 75.7 Å². The van der Waals surface area contributed by atoms with Gasteiger partial charge in [0.2, 0.25) is 0 Å². The fraction of sp³-hybridized carbons (Fsp3) is 1.00. The fourth-order valence-corrected chi connectivity index (χ4v) is 1.53. The number of rotatable bonds is 6. The third-order valence-electron chi connectivity index (χ3n) is 2.82. The van der Waals surface area contributed by atoms with Crippen LogP contribution in [0.15, 0.2) is 0 Å². The summed E-state index contributed by atoms with van der Waals surface area (Å²) in [7, 11) is 0. The SMILES string of the molecule is CCNC(COCC)C1(C)CC1. The van der Waals surface area contributed by atoms with Crippen molar-refractivity contribution in [1.29, 1.82) is 0 Å². The van der Waals surface area contributed by atoms with Gasteiger partial charge in [-0.3, -0.25) is 0 Å². The molecule has 1 saturated carbocycles. The molecule has 0 aromatic heterocycles. The lowest BCUT2D eigenvalue weighted by Gasteiger charge is -2.23. The van der Waals surface area contributed by atoms with E-state index < -0.39 is 0 Å². The summed E-state index contributed by atoms with van der Waals surface area (Å²) >= 11 is 0. The van der Waals surface area contributed by atoms with Gasteiger partial charge in [0.1, 0.15) is 0 Å². The summed E-state index contributed by atoms with van der Waals surface area (Å²) in [6.45, 7) is 9.31. The number of hydrogen-bond donors (Lipinski definition) is 1. The van der Waals surface area contributed by atoms with Gasteiger partial charge in [0.05, 0.1) is 6.61 Å². The van der Waals surface area contributed by atoms with Crippen LogP contribution < -0.4 is 5.32 Å². The molecule has 1 rings (SSSR count). The monoisotopic (exact) mass is 171 g/mol. The van der Waals surface area contributed by atoms with Crippen LogP contribution in [-0.4, -0.2) is 25.8 Å². The lowest BCUT2D eigenvalue weighted by molar-refractivity contribution is 0.101. The predicted octanol–water partition coefficient (Wildman–Crippen LogP) is 1.80. The summed E-state index contributed by atoms with van der Waals surface area (Å²) in [4.78, 5) is 0. The highest BCUT2D eigenvalue weighted by Gasteiger charge is 2.44. The average molecular weight is 171 g/mol. The van der Waals surface area contributed by atoms with Gasteiger partial charge in [-0.2, -0.15) is 0 Å². The highest BCUT2D eigenvalue weighted by atomic mass is 16.5. The normalized spacial score (nSPS) is 22.2. The van der Waals surface area contributed by atoms with Gasteiger partial charge in [0.15, 0.2) is 0 Å². The van der Waals surface area contributed by atoms with Gasteiger partial charge in [-0.25, -0.2) is 0 Å². The van der Waals surface area contributed by atoms with Crippen LogP contribution in [0.1, 0.15) is 33.6 Å². The van der Waals surface area contributed by atoms with Crippen molar-refractivity contribution in [1.82, 2.24) is 5.32 Å². The average Bonchev–Trinajstić information content (AvgIpc) is 2.78. The number of nitrogens with one attached hydrogen (secondary N) is 1. The third-order valence-corrected chi connectivity index (χ3v) is 2.82. The zero-order chi connectivity index (χ0) is 9.03. The summed E-state index contributed by atoms with van der Waals surface area (Å²) < 4.78 is 5.45. The van der Waals surface area contributed by atoms with Gasteiger partial charge in [0.25, 0.3) is 0 Å². The molecule has 2 nitrogen and oxygen atoms in total. The lowest BCUT2D eigenvalue weighted by atomic mass is 10.00. The smallest absolute Gasteiger partial charge is 0.0624 e. The Hall–Kier alpha value is -0.0800. The molecule has 0 aromatic rings. The minimum atomic E-state index is 0.533. The van der Waals surface area contributed by atoms with Crippen LogP contribution in [0.5, 0.6) is 0 Å². The Balaban J connectivity index is 2.28. The van der Waals surface area contributed by atoms with E-state index in [9.17, 15) is 0 Å². The summed E-state index contributed by atoms with van der Waals surface area (Å²) in [5.74, 6) is 0. The van der Waals surface area contributed by atoms with E-state index in [0.717, 1.165) is 19.8 Å². The zero-order valence-corrected chi connectivity index (χ0v) is 8.52. The molecule has 1 unspecified atom stereocenters. The molecule has 1 atom stereocenters. The Kier molecular flexibility index (Phi) is 3.53. The largest absolute Gasteiger partial charge is 0.380 e. The van der Waals surface area contributed by atoms with E-state index in [1.807, 2.05) is 0 Å². The van der Waals surface area contributed by atoms with E-state index in [0.29, 0.717) is 11.5 Å². The maximum absolute atomic E-state index is 5.45. The molecule has 0 spiro atoms. The van der Waals surface area contributed by atoms with Gasteiger partial charge in [-0.05, 0) is 31.7 Å². The topological polar surface area (TPSA) is 21.3 Å². The first-order chi connectivity index (χ1) is 5.73. The molecule has 0 amide bonds. The molecule has 1 N–H and O–H groups in total. The van der Waals surface area contributed by atoms with E-state index in [1.165, 1.54) is 12.8 Å². The second kappa shape index (κ2) is 4.24. The molecule has 0 bridgehead atoms.